The van der Waals surface area contributed by atoms with E-state index in [1.54, 1.807) is 12.1 Å². The van der Waals surface area contributed by atoms with Crippen molar-refractivity contribution in [2.24, 2.45) is 0 Å². The minimum atomic E-state index is -3.45. The molecule has 7 nitrogen and oxygen atoms in total. The predicted octanol–water partition coefficient (Wildman–Crippen LogP) is 2.80. The van der Waals surface area contributed by atoms with Gasteiger partial charge in [0.2, 0.25) is 15.9 Å². The van der Waals surface area contributed by atoms with Crippen LogP contribution in [0.15, 0.2) is 29.2 Å². The number of sulfonamides is 1. The topological polar surface area (TPSA) is 79.0 Å². The predicted molar refractivity (Wildman–Crippen MR) is 126 cm³/mol. The number of rotatable bonds is 10. The molecule has 1 saturated carbocycles. The molecule has 3 rings (SSSR count). The lowest BCUT2D eigenvalue weighted by Gasteiger charge is -2.48. The molecule has 1 N–H and O–H groups in total. The normalized spacial score (nSPS) is 19.7. The van der Waals surface area contributed by atoms with Crippen molar-refractivity contribution in [1.29, 1.82) is 0 Å². The van der Waals surface area contributed by atoms with Gasteiger partial charge in [-0.15, -0.1) is 0 Å². The average Bonchev–Trinajstić information content (AvgIpc) is 2.83. The Hall–Kier alpha value is -1.48. The Labute approximate surface area is 193 Å². The van der Waals surface area contributed by atoms with Crippen LogP contribution in [0.3, 0.4) is 0 Å². The number of ether oxygens (including phenoxy) is 1. The lowest BCUT2D eigenvalue weighted by Crippen LogP contribution is -2.59. The standard InChI is InChI=1S/C24H39N3O4S/c1-3-27(4-2)32(29,30)22-11-8-21(9-12-22)10-13-23(28)25-20-24(14-6-5-7-15-24)26-16-18-31-19-17-26/h8-9,11-12H,3-7,10,13-20H2,1-2H3,(H,25,28). The van der Waals surface area contributed by atoms with Gasteiger partial charge in [0, 0.05) is 44.7 Å². The van der Waals surface area contributed by atoms with Gasteiger partial charge in [-0.1, -0.05) is 45.2 Å². The van der Waals surface area contributed by atoms with Crippen molar-refractivity contribution in [3.63, 3.8) is 0 Å². The Morgan fingerprint density at radius 1 is 1.06 bits per heavy atom. The monoisotopic (exact) mass is 465 g/mol. The fraction of sp³-hybridized carbons (Fsp3) is 0.708. The molecule has 1 amide bonds. The summed E-state index contributed by atoms with van der Waals surface area (Å²) in [6, 6.07) is 6.94. The minimum Gasteiger partial charge on any atom is -0.379 e. The van der Waals surface area contributed by atoms with E-state index in [1.807, 2.05) is 26.0 Å². The van der Waals surface area contributed by atoms with Crippen LogP contribution in [0, 0.1) is 0 Å². The molecule has 1 aromatic carbocycles. The van der Waals surface area contributed by atoms with Crippen LogP contribution in [0.5, 0.6) is 0 Å². The van der Waals surface area contributed by atoms with E-state index in [0.717, 1.165) is 44.7 Å². The number of nitrogens with one attached hydrogen (secondary N) is 1. The third kappa shape index (κ3) is 6.10. The minimum absolute atomic E-state index is 0.0584. The molecule has 1 aliphatic heterocycles. The van der Waals surface area contributed by atoms with Crippen LogP contribution in [0.4, 0.5) is 0 Å². The Kier molecular flexibility index (Phi) is 9.11. The maximum absolute atomic E-state index is 12.6. The van der Waals surface area contributed by atoms with Crippen LogP contribution in [-0.2, 0) is 26.0 Å². The molecular formula is C24H39N3O4S. The van der Waals surface area contributed by atoms with Crippen molar-refractivity contribution in [3.8, 4) is 0 Å². The van der Waals surface area contributed by atoms with Crippen LogP contribution in [0.2, 0.25) is 0 Å². The number of hydrogen-bond acceptors (Lipinski definition) is 5. The van der Waals surface area contributed by atoms with Gasteiger partial charge in [-0.25, -0.2) is 8.42 Å². The highest BCUT2D eigenvalue weighted by Crippen LogP contribution is 2.34. The zero-order valence-electron chi connectivity index (χ0n) is 19.6. The fourth-order valence-electron chi connectivity index (χ4n) is 5.00. The van der Waals surface area contributed by atoms with Crippen LogP contribution in [0.1, 0.15) is 57.9 Å². The summed E-state index contributed by atoms with van der Waals surface area (Å²) >= 11 is 0. The molecule has 2 aliphatic rings. The number of carbonyl (C=O) groups is 1. The van der Waals surface area contributed by atoms with Gasteiger partial charge >= 0.3 is 0 Å². The number of morpholine rings is 1. The highest BCUT2D eigenvalue weighted by molar-refractivity contribution is 7.89. The Morgan fingerprint density at radius 2 is 1.69 bits per heavy atom. The van der Waals surface area contributed by atoms with Gasteiger partial charge in [-0.2, -0.15) is 4.31 Å². The number of amides is 1. The number of hydrogen-bond donors (Lipinski definition) is 1. The number of nitrogens with zero attached hydrogens (tertiary/aromatic N) is 2. The van der Waals surface area contributed by atoms with Gasteiger partial charge in [0.25, 0.3) is 0 Å². The molecule has 0 aromatic heterocycles. The van der Waals surface area contributed by atoms with Crippen molar-refractivity contribution in [2.45, 2.75) is 69.2 Å². The molecule has 8 heteroatoms. The number of aryl methyl sites for hydroxylation is 1. The summed E-state index contributed by atoms with van der Waals surface area (Å²) in [7, 11) is -3.45. The molecule has 1 aromatic rings. The van der Waals surface area contributed by atoms with Gasteiger partial charge in [0.05, 0.1) is 18.1 Å². The lowest BCUT2D eigenvalue weighted by molar-refractivity contribution is -0.122. The molecule has 0 unspecified atom stereocenters. The van der Waals surface area contributed by atoms with Gasteiger partial charge < -0.3 is 10.1 Å². The van der Waals surface area contributed by atoms with Gasteiger partial charge in [0.15, 0.2) is 0 Å². The molecule has 32 heavy (non-hydrogen) atoms. The molecule has 180 valence electrons. The first kappa shape index (κ1) is 25.1. The highest BCUT2D eigenvalue weighted by Gasteiger charge is 2.38. The van der Waals surface area contributed by atoms with E-state index in [2.05, 4.69) is 10.2 Å². The maximum Gasteiger partial charge on any atom is 0.243 e. The first-order chi connectivity index (χ1) is 15.4. The van der Waals surface area contributed by atoms with Crippen molar-refractivity contribution in [2.75, 3.05) is 45.9 Å². The zero-order chi connectivity index (χ0) is 23.0. The molecule has 1 aliphatic carbocycles. The smallest absolute Gasteiger partial charge is 0.243 e. The Morgan fingerprint density at radius 3 is 2.28 bits per heavy atom. The van der Waals surface area contributed by atoms with E-state index < -0.39 is 10.0 Å². The summed E-state index contributed by atoms with van der Waals surface area (Å²) in [5.74, 6) is 0.0584. The fourth-order valence-corrected chi connectivity index (χ4v) is 6.46. The maximum atomic E-state index is 12.6. The molecule has 0 bridgehead atoms. The van der Waals surface area contributed by atoms with E-state index in [1.165, 1.54) is 23.6 Å². The van der Waals surface area contributed by atoms with E-state index in [-0.39, 0.29) is 11.4 Å². The SMILES string of the molecule is CCN(CC)S(=O)(=O)c1ccc(CCC(=O)NCC2(N3CCOCC3)CCCCC2)cc1. The summed E-state index contributed by atoms with van der Waals surface area (Å²) in [4.78, 5) is 15.5. The van der Waals surface area contributed by atoms with Crippen LogP contribution in [0.25, 0.3) is 0 Å². The second-order valence-corrected chi connectivity index (χ2v) is 10.8. The third-order valence-electron chi connectivity index (χ3n) is 6.99. The summed E-state index contributed by atoms with van der Waals surface area (Å²) in [6.07, 6.45) is 6.99. The lowest BCUT2D eigenvalue weighted by atomic mass is 9.79. The first-order valence-electron chi connectivity index (χ1n) is 12.1. The summed E-state index contributed by atoms with van der Waals surface area (Å²) in [5.41, 5.74) is 1.04. The van der Waals surface area contributed by atoms with Crippen molar-refractivity contribution in [3.05, 3.63) is 29.8 Å². The van der Waals surface area contributed by atoms with E-state index >= 15 is 0 Å². The molecule has 0 atom stereocenters. The van der Waals surface area contributed by atoms with Crippen LogP contribution in [-0.4, -0.2) is 75.0 Å². The summed E-state index contributed by atoms with van der Waals surface area (Å²) < 4.78 is 32.2. The molecule has 2 fully saturated rings. The number of benzene rings is 1. The van der Waals surface area contributed by atoms with Crippen LogP contribution >= 0.6 is 0 Å². The van der Waals surface area contributed by atoms with Gasteiger partial charge in [-0.3, -0.25) is 9.69 Å². The van der Waals surface area contributed by atoms with E-state index in [4.69, 9.17) is 4.74 Å². The second-order valence-electron chi connectivity index (χ2n) is 8.89. The Balaban J connectivity index is 1.53. The molecular weight excluding hydrogens is 426 g/mol. The average molecular weight is 466 g/mol. The van der Waals surface area contributed by atoms with Gasteiger partial charge in [-0.05, 0) is 37.0 Å². The van der Waals surface area contributed by atoms with E-state index in [9.17, 15) is 13.2 Å². The van der Waals surface area contributed by atoms with Crippen LogP contribution < -0.4 is 5.32 Å². The van der Waals surface area contributed by atoms with Crippen molar-refractivity contribution in [1.82, 2.24) is 14.5 Å². The molecule has 1 saturated heterocycles. The first-order valence-corrected chi connectivity index (χ1v) is 13.5. The summed E-state index contributed by atoms with van der Waals surface area (Å²) in [6.45, 7) is 8.71. The van der Waals surface area contributed by atoms with Crippen molar-refractivity contribution >= 4 is 15.9 Å². The van der Waals surface area contributed by atoms with E-state index in [0.29, 0.717) is 37.4 Å². The molecule has 1 heterocycles. The quantitative estimate of drug-likeness (QED) is 0.575. The molecule has 0 spiro atoms. The Bertz CT molecular complexity index is 825. The zero-order valence-corrected chi connectivity index (χ0v) is 20.5. The summed E-state index contributed by atoms with van der Waals surface area (Å²) in [5, 5.41) is 3.20. The highest BCUT2D eigenvalue weighted by atomic mass is 32.2. The third-order valence-corrected chi connectivity index (χ3v) is 9.05. The van der Waals surface area contributed by atoms with Gasteiger partial charge in [0.1, 0.15) is 0 Å². The van der Waals surface area contributed by atoms with Crippen molar-refractivity contribution < 1.29 is 17.9 Å². The number of carbonyl (C=O) groups excluding carboxylic acids is 1. The largest absolute Gasteiger partial charge is 0.379 e. The molecule has 0 radical (unpaired) electrons. The second kappa shape index (κ2) is 11.6.